The first-order chi connectivity index (χ1) is 9.06. The van der Waals surface area contributed by atoms with Crippen LogP contribution in [0.15, 0.2) is 24.5 Å². The Morgan fingerprint density at radius 2 is 2.00 bits per heavy atom. The van der Waals surface area contributed by atoms with Gasteiger partial charge in [0.2, 0.25) is 0 Å². The molecule has 1 aromatic rings. The van der Waals surface area contributed by atoms with Gasteiger partial charge in [-0.05, 0) is 45.2 Å². The Kier molecular flexibility index (Phi) is 3.35. The van der Waals surface area contributed by atoms with Crippen molar-refractivity contribution in [1.82, 2.24) is 0 Å². The maximum Gasteiger partial charge on any atom is 0.574 e. The highest BCUT2D eigenvalue weighted by Gasteiger charge is 2.43. The summed E-state index contributed by atoms with van der Waals surface area (Å²) in [4.78, 5) is 2.46. The number of hydrogen-bond donors (Lipinski definition) is 0. The van der Waals surface area contributed by atoms with E-state index in [1.54, 1.807) is 11.3 Å². The van der Waals surface area contributed by atoms with E-state index in [0.717, 1.165) is 4.78 Å². The van der Waals surface area contributed by atoms with E-state index in [1.165, 1.54) is 37.4 Å². The molecule has 2 fully saturated rings. The molecule has 0 N–H and O–H groups in total. The zero-order valence-electron chi connectivity index (χ0n) is 11.6. The fourth-order valence-electron chi connectivity index (χ4n) is 2.50. The van der Waals surface area contributed by atoms with Crippen LogP contribution in [0.1, 0.15) is 33.1 Å². The van der Waals surface area contributed by atoms with Crippen molar-refractivity contribution in [1.29, 1.82) is 0 Å². The van der Waals surface area contributed by atoms with Crippen molar-refractivity contribution in [3.05, 3.63) is 24.5 Å². The standard InChI is InChI=1S/C14H20BNO2S/c1-11-14(2,3)18-15(17-11)12-7-8-13(19-12)16-9-5-4-6-10-16/h7-8H,1,4-6,9-10H2,2-3H3. The highest BCUT2D eigenvalue weighted by atomic mass is 32.1. The first-order valence-corrected chi connectivity index (χ1v) is 7.76. The zero-order valence-corrected chi connectivity index (χ0v) is 12.5. The molecule has 3 rings (SSSR count). The molecular formula is C14H20BNO2S. The summed E-state index contributed by atoms with van der Waals surface area (Å²) in [5.41, 5.74) is -0.389. The summed E-state index contributed by atoms with van der Waals surface area (Å²) in [6.07, 6.45) is 3.96. The summed E-state index contributed by atoms with van der Waals surface area (Å²) >= 11 is 1.77. The summed E-state index contributed by atoms with van der Waals surface area (Å²) in [6, 6.07) is 4.31. The van der Waals surface area contributed by atoms with Crippen molar-refractivity contribution in [2.24, 2.45) is 0 Å². The lowest BCUT2D eigenvalue weighted by Crippen LogP contribution is -2.32. The average molecular weight is 277 g/mol. The van der Waals surface area contributed by atoms with Crippen LogP contribution in [0.4, 0.5) is 5.00 Å². The fraction of sp³-hybridized carbons (Fsp3) is 0.571. The van der Waals surface area contributed by atoms with Crippen molar-refractivity contribution in [3.8, 4) is 0 Å². The molecule has 0 saturated carbocycles. The van der Waals surface area contributed by atoms with Gasteiger partial charge in [-0.2, -0.15) is 0 Å². The highest BCUT2D eigenvalue weighted by Crippen LogP contribution is 2.31. The van der Waals surface area contributed by atoms with Crippen LogP contribution in [-0.2, 0) is 9.31 Å². The van der Waals surface area contributed by atoms with Gasteiger partial charge in [-0.15, -0.1) is 11.3 Å². The molecule has 2 aliphatic rings. The predicted molar refractivity (Wildman–Crippen MR) is 81.2 cm³/mol. The van der Waals surface area contributed by atoms with Gasteiger partial charge < -0.3 is 14.2 Å². The Hall–Kier alpha value is -0.935. The highest BCUT2D eigenvalue weighted by molar-refractivity contribution is 7.25. The molecule has 19 heavy (non-hydrogen) atoms. The molecule has 102 valence electrons. The normalized spacial score (nSPS) is 22.7. The van der Waals surface area contributed by atoms with Crippen molar-refractivity contribution in [2.75, 3.05) is 18.0 Å². The van der Waals surface area contributed by atoms with E-state index >= 15 is 0 Å². The van der Waals surface area contributed by atoms with Gasteiger partial charge in [-0.25, -0.2) is 0 Å². The second-order valence-electron chi connectivity index (χ2n) is 5.72. The van der Waals surface area contributed by atoms with E-state index in [0.29, 0.717) is 5.76 Å². The summed E-state index contributed by atoms with van der Waals surface area (Å²) in [6.45, 7) is 10.3. The monoisotopic (exact) mass is 277 g/mol. The molecule has 0 amide bonds. The maximum atomic E-state index is 5.92. The Morgan fingerprint density at radius 3 is 2.63 bits per heavy atom. The van der Waals surface area contributed by atoms with Gasteiger partial charge in [0.15, 0.2) is 0 Å². The molecule has 3 nitrogen and oxygen atoms in total. The SMILES string of the molecule is C=C1OB(c2ccc(N3CCCCC3)s2)OC1(C)C. The van der Waals surface area contributed by atoms with Crippen molar-refractivity contribution < 1.29 is 9.31 Å². The van der Waals surface area contributed by atoms with Crippen LogP contribution in [-0.4, -0.2) is 25.8 Å². The third-order valence-electron chi connectivity index (χ3n) is 3.84. The summed E-state index contributed by atoms with van der Waals surface area (Å²) in [7, 11) is -0.286. The van der Waals surface area contributed by atoms with E-state index in [9.17, 15) is 0 Å². The first kappa shape index (κ1) is 13.1. The summed E-state index contributed by atoms with van der Waals surface area (Å²) in [5, 5.41) is 1.33. The largest absolute Gasteiger partial charge is 0.574 e. The Balaban J connectivity index is 1.73. The maximum absolute atomic E-state index is 5.92. The van der Waals surface area contributed by atoms with Crippen LogP contribution in [0.3, 0.4) is 0 Å². The molecule has 0 unspecified atom stereocenters. The van der Waals surface area contributed by atoms with Gasteiger partial charge >= 0.3 is 7.12 Å². The van der Waals surface area contributed by atoms with E-state index in [-0.39, 0.29) is 12.7 Å². The van der Waals surface area contributed by atoms with E-state index < -0.39 is 0 Å². The fourth-order valence-corrected chi connectivity index (χ4v) is 3.52. The smallest absolute Gasteiger partial charge is 0.533 e. The van der Waals surface area contributed by atoms with E-state index in [4.69, 9.17) is 9.31 Å². The van der Waals surface area contributed by atoms with Crippen LogP contribution in [0, 0.1) is 0 Å². The van der Waals surface area contributed by atoms with Gasteiger partial charge in [-0.3, -0.25) is 0 Å². The number of nitrogens with zero attached hydrogens (tertiary/aromatic N) is 1. The third-order valence-corrected chi connectivity index (χ3v) is 5.00. The van der Waals surface area contributed by atoms with Gasteiger partial charge in [-0.1, -0.05) is 6.58 Å². The second kappa shape index (κ2) is 4.87. The van der Waals surface area contributed by atoms with Gasteiger partial charge in [0, 0.05) is 13.1 Å². The van der Waals surface area contributed by atoms with Crippen LogP contribution in [0.2, 0.25) is 0 Å². The minimum atomic E-state index is -0.389. The zero-order chi connectivity index (χ0) is 13.5. The molecule has 0 aromatic carbocycles. The van der Waals surface area contributed by atoms with Crippen LogP contribution >= 0.6 is 11.3 Å². The molecule has 0 aliphatic carbocycles. The van der Waals surface area contributed by atoms with Crippen molar-refractivity contribution in [2.45, 2.75) is 38.7 Å². The molecule has 5 heteroatoms. The molecule has 0 bridgehead atoms. The average Bonchev–Trinajstić information content (AvgIpc) is 2.97. The van der Waals surface area contributed by atoms with Crippen LogP contribution in [0.5, 0.6) is 0 Å². The van der Waals surface area contributed by atoms with E-state index in [2.05, 4.69) is 23.6 Å². The van der Waals surface area contributed by atoms with Crippen LogP contribution < -0.4 is 9.68 Å². The van der Waals surface area contributed by atoms with Gasteiger partial charge in [0.05, 0.1) is 15.5 Å². The number of hydrogen-bond acceptors (Lipinski definition) is 4. The molecule has 0 radical (unpaired) electrons. The lowest BCUT2D eigenvalue weighted by molar-refractivity contribution is 0.173. The Bertz CT molecular complexity index is 480. The molecule has 1 aromatic heterocycles. The number of rotatable bonds is 2. The predicted octanol–water partition coefficient (Wildman–Crippen LogP) is 2.77. The molecule has 2 aliphatic heterocycles. The number of thiophene rings is 1. The quantitative estimate of drug-likeness (QED) is 0.776. The lowest BCUT2D eigenvalue weighted by Gasteiger charge is -2.27. The minimum Gasteiger partial charge on any atom is -0.533 e. The summed E-state index contributed by atoms with van der Waals surface area (Å²) < 4.78 is 12.8. The Morgan fingerprint density at radius 1 is 1.26 bits per heavy atom. The van der Waals surface area contributed by atoms with Crippen molar-refractivity contribution in [3.63, 3.8) is 0 Å². The van der Waals surface area contributed by atoms with E-state index in [1.807, 2.05) is 13.8 Å². The molecule has 3 heterocycles. The number of piperidine rings is 1. The molecule has 0 spiro atoms. The molecular weight excluding hydrogens is 257 g/mol. The third kappa shape index (κ3) is 2.54. The minimum absolute atomic E-state index is 0.286. The van der Waals surface area contributed by atoms with Gasteiger partial charge in [0.25, 0.3) is 0 Å². The second-order valence-corrected chi connectivity index (χ2v) is 6.82. The van der Waals surface area contributed by atoms with Crippen LogP contribution in [0.25, 0.3) is 0 Å². The van der Waals surface area contributed by atoms with Gasteiger partial charge in [0.1, 0.15) is 5.60 Å². The topological polar surface area (TPSA) is 21.7 Å². The molecule has 0 atom stereocenters. The molecule has 2 saturated heterocycles. The Labute approximate surface area is 119 Å². The summed E-state index contributed by atoms with van der Waals surface area (Å²) in [5.74, 6) is 0.713. The number of anilines is 1. The first-order valence-electron chi connectivity index (χ1n) is 6.95. The lowest BCUT2D eigenvalue weighted by atomic mass is 9.88. The van der Waals surface area contributed by atoms with Crippen molar-refractivity contribution >= 4 is 28.2 Å².